The molecular formula is C63H50B3N3O3. The van der Waals surface area contributed by atoms with Gasteiger partial charge in [0.1, 0.15) is 34.5 Å². The zero-order valence-electron chi connectivity index (χ0n) is 42.1. The molecule has 0 unspecified atom stereocenters. The lowest BCUT2D eigenvalue weighted by atomic mass is 9.29. The number of fused-ring (bicyclic) bond motifs is 12. The van der Waals surface area contributed by atoms with Crippen LogP contribution in [0.1, 0.15) is 50.1 Å². The second-order valence-electron chi connectivity index (χ2n) is 21.5. The first kappa shape index (κ1) is 41.7. The van der Waals surface area contributed by atoms with Gasteiger partial charge in [-0.3, -0.25) is 0 Å². The molecule has 0 saturated heterocycles. The van der Waals surface area contributed by atoms with Crippen LogP contribution in [0.2, 0.25) is 0 Å². The number of nitrogens with one attached hydrogen (secondary N) is 1. The van der Waals surface area contributed by atoms with Gasteiger partial charge in [0.25, 0.3) is 20.1 Å². The molecule has 0 saturated carbocycles. The number of rotatable bonds is 2. The molecule has 0 aliphatic carbocycles. The Kier molecular flexibility index (Phi) is 8.43. The Labute approximate surface area is 422 Å². The summed E-state index contributed by atoms with van der Waals surface area (Å²) >= 11 is 0. The lowest BCUT2D eigenvalue weighted by Gasteiger charge is -2.44. The number of aryl methyl sites for hydroxylation is 9. The van der Waals surface area contributed by atoms with Gasteiger partial charge >= 0.3 is 0 Å². The van der Waals surface area contributed by atoms with Crippen molar-refractivity contribution in [2.24, 2.45) is 0 Å². The molecule has 0 spiro atoms. The van der Waals surface area contributed by atoms with Crippen molar-refractivity contribution in [2.75, 3.05) is 15.1 Å². The molecule has 9 aromatic carbocycles. The molecule has 6 heterocycles. The zero-order valence-corrected chi connectivity index (χ0v) is 42.1. The van der Waals surface area contributed by atoms with Gasteiger partial charge in [0.2, 0.25) is 0 Å². The molecule has 1 N–H and O–H groups in total. The Morgan fingerprint density at radius 2 is 0.736 bits per heavy atom. The number of para-hydroxylation sites is 2. The van der Waals surface area contributed by atoms with Gasteiger partial charge in [0, 0.05) is 40.2 Å². The van der Waals surface area contributed by atoms with Crippen molar-refractivity contribution < 1.29 is 14.2 Å². The van der Waals surface area contributed by atoms with Crippen LogP contribution in [0.4, 0.5) is 45.5 Å². The zero-order chi connectivity index (χ0) is 48.7. The van der Waals surface area contributed by atoms with Crippen LogP contribution < -0.4 is 78.5 Å². The van der Waals surface area contributed by atoms with Gasteiger partial charge < -0.3 is 29.3 Å². The minimum Gasteiger partial charge on any atom is -0.458 e. The standard InChI is InChI=1S/C63H50B3N3O3/c1-32-18-37(6)62(38(7)19-32)68-49-30-47-43(64-41-14-10-12-16-53(41)70-56-25-34(3)22-48(67-47)59(56)64)28-44(49)66-46-29-45-50(31-55(46)72-58-27-36(5)24-52(68)61(58)66)69(63-39(8)20-33(2)21-40(63)9)51-23-35(4)26-57-60(51)65(45)42-15-11-13-17-54(42)71-57/h10-31,67H,1-9H3. The quantitative estimate of drug-likeness (QED) is 0.174. The minimum atomic E-state index is -0.161. The average Bonchev–Trinajstić information content (AvgIpc) is 3.33. The van der Waals surface area contributed by atoms with Gasteiger partial charge in [-0.1, -0.05) is 83.9 Å². The molecule has 0 aromatic heterocycles. The topological polar surface area (TPSA) is 46.2 Å². The van der Waals surface area contributed by atoms with Crippen LogP contribution in [0.25, 0.3) is 0 Å². The summed E-state index contributed by atoms with van der Waals surface area (Å²) in [6.45, 7) is 19.7. The van der Waals surface area contributed by atoms with Crippen molar-refractivity contribution in [1.82, 2.24) is 0 Å². The van der Waals surface area contributed by atoms with Crippen molar-refractivity contribution in [3.63, 3.8) is 0 Å². The fourth-order valence-corrected chi connectivity index (χ4v) is 13.9. The third-order valence-corrected chi connectivity index (χ3v) is 16.4. The van der Waals surface area contributed by atoms with Crippen LogP contribution >= 0.6 is 0 Å². The highest BCUT2D eigenvalue weighted by molar-refractivity contribution is 7.03. The van der Waals surface area contributed by atoms with Gasteiger partial charge in [-0.15, -0.1) is 0 Å². The molecule has 0 bridgehead atoms. The molecular weight excluding hydrogens is 879 g/mol. The van der Waals surface area contributed by atoms with E-state index in [9.17, 15) is 0 Å². The van der Waals surface area contributed by atoms with Gasteiger partial charge in [-0.25, -0.2) is 0 Å². The molecule has 6 nitrogen and oxygen atoms in total. The summed E-state index contributed by atoms with van der Waals surface area (Å²) in [7, 11) is 0. The Bertz CT molecular complexity index is 3950. The van der Waals surface area contributed by atoms with Gasteiger partial charge in [0.05, 0.1) is 11.4 Å². The Morgan fingerprint density at radius 1 is 0.319 bits per heavy atom. The molecule has 9 aromatic rings. The maximum atomic E-state index is 7.48. The SMILES string of the molecule is Cc1cc(C)c(N2c3cc4c(cc3B3c5cc6c(cc5Oc5cc(C)cc2c53)N(c2c(C)cc(C)cc2C)c2cc(C)cc3c2B6c2ccccc2O3)B2c3ccccc3Oc3cc(C)cc(c32)N4)c(C)c1. The summed E-state index contributed by atoms with van der Waals surface area (Å²) in [5.41, 5.74) is 30.9. The van der Waals surface area contributed by atoms with Crippen molar-refractivity contribution in [3.8, 4) is 34.5 Å². The van der Waals surface area contributed by atoms with E-state index in [0.29, 0.717) is 0 Å². The van der Waals surface area contributed by atoms with E-state index in [2.05, 4.69) is 211 Å². The van der Waals surface area contributed by atoms with E-state index >= 15 is 0 Å². The molecule has 0 amide bonds. The molecule has 0 fully saturated rings. The largest absolute Gasteiger partial charge is 0.458 e. The third-order valence-electron chi connectivity index (χ3n) is 16.4. The molecule has 72 heavy (non-hydrogen) atoms. The van der Waals surface area contributed by atoms with E-state index in [0.717, 1.165) is 85.1 Å². The molecule has 6 aliphatic rings. The molecule has 0 atom stereocenters. The lowest BCUT2D eigenvalue weighted by Crippen LogP contribution is -2.65. The van der Waals surface area contributed by atoms with E-state index < -0.39 is 0 Å². The Balaban J connectivity index is 1.04. The monoisotopic (exact) mass is 929 g/mol. The highest BCUT2D eigenvalue weighted by atomic mass is 16.5. The second kappa shape index (κ2) is 14.5. The predicted octanol–water partition coefficient (Wildman–Crippen LogP) is 9.95. The predicted molar refractivity (Wildman–Crippen MR) is 302 cm³/mol. The number of anilines is 8. The van der Waals surface area contributed by atoms with Crippen molar-refractivity contribution in [2.45, 2.75) is 62.3 Å². The van der Waals surface area contributed by atoms with E-state index in [-0.39, 0.29) is 20.1 Å². The lowest BCUT2D eigenvalue weighted by molar-refractivity contribution is 0.486. The molecule has 0 radical (unpaired) electrons. The van der Waals surface area contributed by atoms with Crippen molar-refractivity contribution in [3.05, 3.63) is 184 Å². The van der Waals surface area contributed by atoms with Crippen LogP contribution in [-0.4, -0.2) is 20.1 Å². The van der Waals surface area contributed by atoms with Crippen LogP contribution in [-0.2, 0) is 0 Å². The number of benzene rings is 9. The van der Waals surface area contributed by atoms with Crippen molar-refractivity contribution >= 4 is 115 Å². The van der Waals surface area contributed by atoms with Crippen LogP contribution in [0.15, 0.2) is 133 Å². The van der Waals surface area contributed by atoms with Gasteiger partial charge in [-0.2, -0.15) is 0 Å². The van der Waals surface area contributed by atoms with Crippen LogP contribution in [0.3, 0.4) is 0 Å². The fourth-order valence-electron chi connectivity index (χ4n) is 13.9. The first-order chi connectivity index (χ1) is 34.9. The van der Waals surface area contributed by atoms with Gasteiger partial charge in [-0.05, 0) is 205 Å². The molecule has 6 aliphatic heterocycles. The number of hydrogen-bond donors (Lipinski definition) is 1. The maximum absolute atomic E-state index is 7.48. The first-order valence-electron chi connectivity index (χ1n) is 25.4. The Hall–Kier alpha value is -8.03. The maximum Gasteiger partial charge on any atom is 0.256 e. The van der Waals surface area contributed by atoms with E-state index in [1.807, 2.05) is 0 Å². The Morgan fingerprint density at radius 3 is 1.28 bits per heavy atom. The van der Waals surface area contributed by atoms with Crippen LogP contribution in [0, 0.1) is 62.3 Å². The number of hydrogen-bond acceptors (Lipinski definition) is 6. The fraction of sp³-hybridized carbons (Fsp3) is 0.143. The summed E-state index contributed by atoms with van der Waals surface area (Å²) in [5.74, 6) is 5.42. The smallest absolute Gasteiger partial charge is 0.256 e. The number of nitrogens with zero attached hydrogens (tertiary/aromatic N) is 2. The minimum absolute atomic E-state index is 0.0354. The summed E-state index contributed by atoms with van der Waals surface area (Å²) in [6.07, 6.45) is 0. The molecule has 15 rings (SSSR count). The normalized spacial score (nSPS) is 14.2. The van der Waals surface area contributed by atoms with Crippen molar-refractivity contribution in [1.29, 1.82) is 0 Å². The summed E-state index contributed by atoms with van der Waals surface area (Å²) in [4.78, 5) is 5.07. The summed E-state index contributed by atoms with van der Waals surface area (Å²) in [5, 5.41) is 4.00. The van der Waals surface area contributed by atoms with E-state index in [1.165, 1.54) is 94.1 Å². The third kappa shape index (κ3) is 5.65. The van der Waals surface area contributed by atoms with E-state index in [1.54, 1.807) is 0 Å². The van der Waals surface area contributed by atoms with Crippen LogP contribution in [0.5, 0.6) is 34.5 Å². The number of ether oxygens (including phenoxy) is 3. The van der Waals surface area contributed by atoms with Gasteiger partial charge in [0.15, 0.2) is 0 Å². The first-order valence-corrected chi connectivity index (χ1v) is 25.4. The van der Waals surface area contributed by atoms with E-state index in [4.69, 9.17) is 14.2 Å². The second-order valence-corrected chi connectivity index (χ2v) is 21.5. The highest BCUT2D eigenvalue weighted by Gasteiger charge is 2.49. The summed E-state index contributed by atoms with van der Waals surface area (Å²) < 4.78 is 21.1. The molecule has 344 valence electrons. The highest BCUT2D eigenvalue weighted by Crippen LogP contribution is 2.49. The molecule has 9 heteroatoms. The summed E-state index contributed by atoms with van der Waals surface area (Å²) in [6, 6.07) is 50.1. The average molecular weight is 930 g/mol.